The van der Waals surface area contributed by atoms with Gasteiger partial charge in [-0.15, -0.1) is 5.10 Å². The van der Waals surface area contributed by atoms with Gasteiger partial charge < -0.3 is 5.32 Å². The molecule has 0 unspecified atom stereocenters. The lowest BCUT2D eigenvalue weighted by molar-refractivity contribution is -0.113. The number of hydrogen-bond donors (Lipinski definition) is 1. The van der Waals surface area contributed by atoms with E-state index < -0.39 is 10.0 Å². The Morgan fingerprint density at radius 2 is 1.87 bits per heavy atom. The maximum Gasteiger partial charge on any atom is 0.243 e. The zero-order valence-electron chi connectivity index (χ0n) is 16.9. The molecular weight excluding hydrogens is 436 g/mol. The van der Waals surface area contributed by atoms with Gasteiger partial charge in [-0.1, -0.05) is 42.1 Å². The molecule has 0 aliphatic heterocycles. The van der Waals surface area contributed by atoms with Crippen molar-refractivity contribution < 1.29 is 13.2 Å². The number of carbonyl (C=O) groups is 1. The molecule has 1 fully saturated rings. The number of anilines is 1. The average Bonchev–Trinajstić information content (AvgIpc) is 3.51. The summed E-state index contributed by atoms with van der Waals surface area (Å²) in [7, 11) is -2.09. The fourth-order valence-electron chi connectivity index (χ4n) is 2.97. The first kappa shape index (κ1) is 21.5. The molecule has 9 nitrogen and oxygen atoms in total. The van der Waals surface area contributed by atoms with E-state index in [1.807, 2.05) is 30.3 Å². The number of aromatic nitrogens is 4. The maximum absolute atomic E-state index is 12.8. The van der Waals surface area contributed by atoms with Gasteiger partial charge in [0.15, 0.2) is 0 Å². The molecule has 0 saturated heterocycles. The molecule has 0 bridgehead atoms. The molecule has 1 amide bonds. The Labute approximate surface area is 184 Å². The Hall–Kier alpha value is -2.76. The van der Waals surface area contributed by atoms with Crippen LogP contribution in [0.5, 0.6) is 0 Å². The summed E-state index contributed by atoms with van der Waals surface area (Å²) < 4.78 is 28.7. The molecule has 1 heterocycles. The maximum atomic E-state index is 12.8. The highest BCUT2D eigenvalue weighted by atomic mass is 32.2. The van der Waals surface area contributed by atoms with Crippen molar-refractivity contribution in [3.05, 3.63) is 60.2 Å². The summed E-state index contributed by atoms with van der Waals surface area (Å²) in [5, 5.41) is 15.0. The molecule has 0 radical (unpaired) electrons. The topological polar surface area (TPSA) is 110 Å². The highest BCUT2D eigenvalue weighted by molar-refractivity contribution is 7.99. The van der Waals surface area contributed by atoms with Crippen molar-refractivity contribution in [1.82, 2.24) is 24.5 Å². The Morgan fingerprint density at radius 1 is 1.16 bits per heavy atom. The van der Waals surface area contributed by atoms with Crippen LogP contribution in [0.4, 0.5) is 5.69 Å². The van der Waals surface area contributed by atoms with E-state index in [-0.39, 0.29) is 23.1 Å². The zero-order valence-corrected chi connectivity index (χ0v) is 18.5. The van der Waals surface area contributed by atoms with Crippen LogP contribution in [0.15, 0.2) is 64.6 Å². The number of rotatable bonds is 9. The van der Waals surface area contributed by atoms with Crippen molar-refractivity contribution in [1.29, 1.82) is 0 Å². The molecular formula is C20H22N6O3S2. The standard InChI is InChI=1S/C20H22N6O3S2/c1-25(13-15-5-3-2-4-6-15)31(28,29)18-11-7-16(8-12-18)21-19(27)14-30-20-22-23-24-26(20)17-9-10-17/h2-8,11-12,17H,9-10,13-14H2,1H3,(H,21,27). The number of amides is 1. The second-order valence-electron chi connectivity index (χ2n) is 7.25. The Morgan fingerprint density at radius 3 is 2.55 bits per heavy atom. The summed E-state index contributed by atoms with van der Waals surface area (Å²) in [4.78, 5) is 12.4. The highest BCUT2D eigenvalue weighted by Gasteiger charge is 2.28. The summed E-state index contributed by atoms with van der Waals surface area (Å²) in [6.45, 7) is 0.277. The molecule has 1 aromatic heterocycles. The molecule has 0 atom stereocenters. The van der Waals surface area contributed by atoms with Gasteiger partial charge in [-0.3, -0.25) is 4.79 Å². The smallest absolute Gasteiger partial charge is 0.243 e. The number of tetrazole rings is 1. The molecule has 1 aliphatic carbocycles. The largest absolute Gasteiger partial charge is 0.325 e. The molecule has 11 heteroatoms. The van der Waals surface area contributed by atoms with Gasteiger partial charge in [0, 0.05) is 19.3 Å². The predicted molar refractivity (Wildman–Crippen MR) is 117 cm³/mol. The first-order valence-electron chi connectivity index (χ1n) is 9.74. The van der Waals surface area contributed by atoms with Gasteiger partial charge in [-0.05, 0) is 53.1 Å². The van der Waals surface area contributed by atoms with E-state index in [4.69, 9.17) is 0 Å². The van der Waals surface area contributed by atoms with Crippen molar-refractivity contribution in [3.63, 3.8) is 0 Å². The minimum absolute atomic E-state index is 0.160. The third kappa shape index (κ3) is 5.30. The lowest BCUT2D eigenvalue weighted by Crippen LogP contribution is -2.26. The van der Waals surface area contributed by atoms with Crippen LogP contribution in [0.1, 0.15) is 24.4 Å². The summed E-state index contributed by atoms with van der Waals surface area (Å²) >= 11 is 1.27. The lowest BCUT2D eigenvalue weighted by Gasteiger charge is -2.17. The van der Waals surface area contributed by atoms with E-state index in [2.05, 4.69) is 20.8 Å². The molecule has 2 aromatic carbocycles. The molecule has 1 aliphatic rings. The number of nitrogens with zero attached hydrogens (tertiary/aromatic N) is 5. The normalized spacial score (nSPS) is 14.0. The SMILES string of the molecule is CN(Cc1ccccc1)S(=O)(=O)c1ccc(NC(=O)CSc2nnnn2C2CC2)cc1. The zero-order chi connectivity index (χ0) is 21.8. The Kier molecular flexibility index (Phi) is 6.35. The van der Waals surface area contributed by atoms with Gasteiger partial charge in [0.1, 0.15) is 0 Å². The second-order valence-corrected chi connectivity index (χ2v) is 10.2. The van der Waals surface area contributed by atoms with Crippen molar-refractivity contribution in [2.45, 2.75) is 35.5 Å². The number of sulfonamides is 1. The van der Waals surface area contributed by atoms with Crippen molar-refractivity contribution in [3.8, 4) is 0 Å². The summed E-state index contributed by atoms with van der Waals surface area (Å²) in [5.41, 5.74) is 1.43. The van der Waals surface area contributed by atoms with E-state index >= 15 is 0 Å². The fraction of sp³-hybridized carbons (Fsp3) is 0.300. The number of hydrogen-bond acceptors (Lipinski definition) is 7. The van der Waals surface area contributed by atoms with E-state index in [1.165, 1.54) is 28.2 Å². The van der Waals surface area contributed by atoms with Crippen LogP contribution in [0, 0.1) is 0 Å². The van der Waals surface area contributed by atoms with Crippen LogP contribution < -0.4 is 5.32 Å². The van der Waals surface area contributed by atoms with Crippen LogP contribution >= 0.6 is 11.8 Å². The van der Waals surface area contributed by atoms with Crippen molar-refractivity contribution >= 4 is 33.4 Å². The number of carbonyl (C=O) groups excluding carboxylic acids is 1. The van der Waals surface area contributed by atoms with Gasteiger partial charge in [0.2, 0.25) is 21.1 Å². The molecule has 31 heavy (non-hydrogen) atoms. The molecule has 162 valence electrons. The van der Waals surface area contributed by atoms with Crippen molar-refractivity contribution in [2.24, 2.45) is 0 Å². The third-order valence-electron chi connectivity index (χ3n) is 4.78. The summed E-state index contributed by atoms with van der Waals surface area (Å²) in [6, 6.07) is 15.9. The van der Waals surface area contributed by atoms with Crippen LogP contribution in [-0.2, 0) is 21.4 Å². The van der Waals surface area contributed by atoms with Crippen molar-refractivity contribution in [2.75, 3.05) is 18.1 Å². The molecule has 0 spiro atoms. The van der Waals surface area contributed by atoms with E-state index in [0.29, 0.717) is 16.9 Å². The quantitative estimate of drug-likeness (QED) is 0.491. The predicted octanol–water partition coefficient (Wildman–Crippen LogP) is 2.56. The third-order valence-corrected chi connectivity index (χ3v) is 7.53. The number of nitrogens with one attached hydrogen (secondary N) is 1. The van der Waals surface area contributed by atoms with Crippen LogP contribution in [0.3, 0.4) is 0 Å². The lowest BCUT2D eigenvalue weighted by atomic mass is 10.2. The Balaban J connectivity index is 1.33. The Bertz CT molecular complexity index is 1150. The van der Waals surface area contributed by atoms with Crippen LogP contribution in [-0.4, -0.2) is 51.6 Å². The highest BCUT2D eigenvalue weighted by Crippen LogP contribution is 2.36. The van der Waals surface area contributed by atoms with Gasteiger partial charge in [-0.25, -0.2) is 13.1 Å². The minimum atomic E-state index is -3.64. The fourth-order valence-corrected chi connectivity index (χ4v) is 4.88. The van der Waals surface area contributed by atoms with Crippen LogP contribution in [0.25, 0.3) is 0 Å². The van der Waals surface area contributed by atoms with E-state index in [9.17, 15) is 13.2 Å². The molecule has 4 rings (SSSR count). The van der Waals surface area contributed by atoms with Crippen LogP contribution in [0.2, 0.25) is 0 Å². The number of benzene rings is 2. The molecule has 1 saturated carbocycles. The van der Waals surface area contributed by atoms with E-state index in [1.54, 1.807) is 23.9 Å². The average molecular weight is 459 g/mol. The monoisotopic (exact) mass is 458 g/mol. The minimum Gasteiger partial charge on any atom is -0.325 e. The molecule has 1 N–H and O–H groups in total. The first-order valence-corrected chi connectivity index (χ1v) is 12.2. The second kappa shape index (κ2) is 9.16. The molecule has 3 aromatic rings. The van der Waals surface area contributed by atoms with Gasteiger partial charge in [-0.2, -0.15) is 4.31 Å². The first-order chi connectivity index (χ1) is 14.9. The number of thioether (sulfide) groups is 1. The van der Waals surface area contributed by atoms with E-state index in [0.717, 1.165) is 18.4 Å². The van der Waals surface area contributed by atoms with Gasteiger partial charge in [0.05, 0.1) is 16.7 Å². The van der Waals surface area contributed by atoms with Gasteiger partial charge in [0.25, 0.3) is 0 Å². The summed E-state index contributed by atoms with van der Waals surface area (Å²) in [6.07, 6.45) is 2.11. The summed E-state index contributed by atoms with van der Waals surface area (Å²) in [5.74, 6) is -0.0559. The van der Waals surface area contributed by atoms with Gasteiger partial charge >= 0.3 is 0 Å².